The van der Waals surface area contributed by atoms with Crippen molar-refractivity contribution >= 4 is 39.5 Å². The standard InChI is InChI=1S/C28H27N3O8/c1-16(32)37-25-15-36-28(27(39-18(3)34)26(25)38-17(2)33)31-13-20(29-30-31)14-35-24-12-19-8-4-5-9-21(19)22-10-6-7-11-23(22)24/h4-13,25-28H,14-15H2,1-3H3/t25-,26+,27-,28-/m1/s1. The maximum Gasteiger partial charge on any atom is 0.303 e. The van der Waals surface area contributed by atoms with Crippen LogP contribution in [0.3, 0.4) is 0 Å². The molecule has 5 rings (SSSR count). The first kappa shape index (κ1) is 26.1. The number of carbonyl (C=O) groups is 3. The molecule has 0 unspecified atom stereocenters. The van der Waals surface area contributed by atoms with Crippen LogP contribution in [0.15, 0.2) is 60.8 Å². The Morgan fingerprint density at radius 2 is 1.51 bits per heavy atom. The third-order valence-electron chi connectivity index (χ3n) is 6.25. The van der Waals surface area contributed by atoms with Crippen LogP contribution >= 0.6 is 0 Å². The molecule has 0 aliphatic carbocycles. The van der Waals surface area contributed by atoms with Gasteiger partial charge in [-0.2, -0.15) is 0 Å². The topological polar surface area (TPSA) is 128 Å². The molecule has 1 aliphatic heterocycles. The fourth-order valence-electron chi connectivity index (χ4n) is 4.74. The average Bonchev–Trinajstić information content (AvgIpc) is 3.37. The molecule has 1 saturated heterocycles. The molecule has 2 heterocycles. The third-order valence-corrected chi connectivity index (χ3v) is 6.25. The van der Waals surface area contributed by atoms with E-state index in [0.29, 0.717) is 11.4 Å². The maximum absolute atomic E-state index is 11.9. The van der Waals surface area contributed by atoms with E-state index >= 15 is 0 Å². The zero-order valence-corrected chi connectivity index (χ0v) is 21.6. The monoisotopic (exact) mass is 533 g/mol. The Labute approximate surface area is 223 Å². The summed E-state index contributed by atoms with van der Waals surface area (Å²) in [4.78, 5) is 35.3. The lowest BCUT2D eigenvalue weighted by atomic mass is 10.0. The summed E-state index contributed by atoms with van der Waals surface area (Å²) in [5.41, 5.74) is 0.489. The second-order valence-corrected chi connectivity index (χ2v) is 9.14. The molecule has 0 radical (unpaired) electrons. The summed E-state index contributed by atoms with van der Waals surface area (Å²) in [6.07, 6.45) is -2.62. The van der Waals surface area contributed by atoms with Gasteiger partial charge in [-0.3, -0.25) is 14.4 Å². The van der Waals surface area contributed by atoms with Crippen molar-refractivity contribution in [1.82, 2.24) is 15.0 Å². The third kappa shape index (κ3) is 5.68. The lowest BCUT2D eigenvalue weighted by Crippen LogP contribution is -2.55. The number of fused-ring (bicyclic) bond motifs is 3. The molecule has 0 amide bonds. The van der Waals surface area contributed by atoms with Crippen molar-refractivity contribution in [3.63, 3.8) is 0 Å². The van der Waals surface area contributed by atoms with Crippen molar-refractivity contribution in [3.05, 3.63) is 66.5 Å². The fraction of sp³-hybridized carbons (Fsp3) is 0.321. The molecule has 0 bridgehead atoms. The quantitative estimate of drug-likeness (QED) is 0.198. The van der Waals surface area contributed by atoms with Gasteiger partial charge in [0.2, 0.25) is 0 Å². The van der Waals surface area contributed by atoms with E-state index in [1.54, 1.807) is 6.20 Å². The summed E-state index contributed by atoms with van der Waals surface area (Å²) in [5.74, 6) is -1.17. The van der Waals surface area contributed by atoms with Gasteiger partial charge in [0, 0.05) is 26.2 Å². The predicted molar refractivity (Wildman–Crippen MR) is 137 cm³/mol. The van der Waals surface area contributed by atoms with Gasteiger partial charge in [0.1, 0.15) is 18.1 Å². The molecule has 1 aliphatic rings. The van der Waals surface area contributed by atoms with Crippen molar-refractivity contribution in [2.75, 3.05) is 6.61 Å². The van der Waals surface area contributed by atoms with Gasteiger partial charge in [0.05, 0.1) is 12.8 Å². The number of hydrogen-bond donors (Lipinski definition) is 0. The minimum atomic E-state index is -1.15. The van der Waals surface area contributed by atoms with E-state index in [9.17, 15) is 14.4 Å². The van der Waals surface area contributed by atoms with E-state index in [0.717, 1.165) is 21.5 Å². The van der Waals surface area contributed by atoms with Gasteiger partial charge in [-0.1, -0.05) is 53.7 Å². The van der Waals surface area contributed by atoms with Crippen LogP contribution in [0.2, 0.25) is 0 Å². The van der Waals surface area contributed by atoms with Crippen molar-refractivity contribution in [2.24, 2.45) is 0 Å². The van der Waals surface area contributed by atoms with Crippen LogP contribution in [0.5, 0.6) is 5.75 Å². The smallest absolute Gasteiger partial charge is 0.303 e. The Bertz CT molecular complexity index is 1530. The molecule has 202 valence electrons. The first-order valence-corrected chi connectivity index (χ1v) is 12.4. The summed E-state index contributed by atoms with van der Waals surface area (Å²) < 4.78 is 29.5. The molecule has 11 heteroatoms. The van der Waals surface area contributed by atoms with Gasteiger partial charge in [-0.15, -0.1) is 5.10 Å². The van der Waals surface area contributed by atoms with Crippen LogP contribution in [0.4, 0.5) is 0 Å². The predicted octanol–water partition coefficient (Wildman–Crippen LogP) is 3.49. The number of nitrogens with zero attached hydrogens (tertiary/aromatic N) is 3. The largest absolute Gasteiger partial charge is 0.486 e. The molecular weight excluding hydrogens is 506 g/mol. The second-order valence-electron chi connectivity index (χ2n) is 9.14. The van der Waals surface area contributed by atoms with Gasteiger partial charge in [-0.05, 0) is 22.2 Å². The highest BCUT2D eigenvalue weighted by atomic mass is 16.6. The van der Waals surface area contributed by atoms with Gasteiger partial charge < -0.3 is 23.7 Å². The zero-order valence-electron chi connectivity index (χ0n) is 21.6. The van der Waals surface area contributed by atoms with Crippen LogP contribution in [0.25, 0.3) is 21.5 Å². The minimum Gasteiger partial charge on any atom is -0.486 e. The van der Waals surface area contributed by atoms with Crippen molar-refractivity contribution in [2.45, 2.75) is 51.9 Å². The zero-order chi connectivity index (χ0) is 27.5. The minimum absolute atomic E-state index is 0.108. The SMILES string of the molecule is CC(=O)O[C@@H]1[C@@H](OC(C)=O)[C@H](OC(C)=O)CO[C@H]1n1cc(COc2cc3ccccc3c3ccccc23)nn1. The first-order chi connectivity index (χ1) is 18.8. The number of hydrogen-bond acceptors (Lipinski definition) is 10. The Hall–Kier alpha value is -4.51. The highest BCUT2D eigenvalue weighted by molar-refractivity contribution is 6.10. The molecule has 39 heavy (non-hydrogen) atoms. The summed E-state index contributed by atoms with van der Waals surface area (Å²) in [6.45, 7) is 3.64. The van der Waals surface area contributed by atoms with Crippen LogP contribution in [0.1, 0.15) is 32.7 Å². The Morgan fingerprint density at radius 3 is 2.23 bits per heavy atom. The van der Waals surface area contributed by atoms with Gasteiger partial charge >= 0.3 is 17.9 Å². The number of aromatic nitrogens is 3. The molecular formula is C28H27N3O8. The Kier molecular flexibility index (Phi) is 7.42. The molecule has 1 fully saturated rings. The summed E-state index contributed by atoms with van der Waals surface area (Å²) in [7, 11) is 0. The van der Waals surface area contributed by atoms with Gasteiger partial charge in [0.15, 0.2) is 24.5 Å². The molecule has 4 aromatic rings. The maximum atomic E-state index is 11.9. The fourth-order valence-corrected chi connectivity index (χ4v) is 4.74. The van der Waals surface area contributed by atoms with Crippen LogP contribution in [0, 0.1) is 0 Å². The van der Waals surface area contributed by atoms with E-state index < -0.39 is 42.4 Å². The van der Waals surface area contributed by atoms with Gasteiger partial charge in [-0.25, -0.2) is 4.68 Å². The van der Waals surface area contributed by atoms with E-state index in [1.807, 2.05) is 42.5 Å². The second kappa shape index (κ2) is 11.1. The molecule has 3 aromatic carbocycles. The molecule has 11 nitrogen and oxygen atoms in total. The average molecular weight is 534 g/mol. The first-order valence-electron chi connectivity index (χ1n) is 12.4. The van der Waals surface area contributed by atoms with E-state index in [4.69, 9.17) is 23.7 Å². The number of carbonyl (C=O) groups excluding carboxylic acids is 3. The lowest BCUT2D eigenvalue weighted by Gasteiger charge is -2.40. The number of benzene rings is 3. The van der Waals surface area contributed by atoms with Crippen LogP contribution in [-0.2, 0) is 39.9 Å². The Morgan fingerprint density at radius 1 is 0.872 bits per heavy atom. The van der Waals surface area contributed by atoms with E-state index in [2.05, 4.69) is 22.4 Å². The van der Waals surface area contributed by atoms with Gasteiger partial charge in [0.25, 0.3) is 0 Å². The molecule has 0 spiro atoms. The number of esters is 3. The number of rotatable bonds is 7. The van der Waals surface area contributed by atoms with Crippen molar-refractivity contribution < 1.29 is 38.1 Å². The van der Waals surface area contributed by atoms with Crippen LogP contribution < -0.4 is 4.74 Å². The van der Waals surface area contributed by atoms with Crippen molar-refractivity contribution in [1.29, 1.82) is 0 Å². The lowest BCUT2D eigenvalue weighted by molar-refractivity contribution is -0.241. The van der Waals surface area contributed by atoms with Crippen molar-refractivity contribution in [3.8, 4) is 5.75 Å². The van der Waals surface area contributed by atoms with Crippen LogP contribution in [-0.4, -0.2) is 57.8 Å². The summed E-state index contributed by atoms with van der Waals surface area (Å²) in [5, 5.41) is 12.6. The normalized spacial score (nSPS) is 20.9. The van der Waals surface area contributed by atoms with E-state index in [1.165, 1.54) is 25.5 Å². The highest BCUT2D eigenvalue weighted by Crippen LogP contribution is 2.34. The molecule has 0 N–H and O–H groups in total. The Balaban J connectivity index is 1.39. The summed E-state index contributed by atoms with van der Waals surface area (Å²) >= 11 is 0. The molecule has 0 saturated carbocycles. The number of ether oxygens (including phenoxy) is 5. The molecule has 1 aromatic heterocycles. The molecule has 4 atom stereocenters. The van der Waals surface area contributed by atoms with E-state index in [-0.39, 0.29) is 13.2 Å². The highest BCUT2D eigenvalue weighted by Gasteiger charge is 2.48. The summed E-state index contributed by atoms with van der Waals surface area (Å²) in [6, 6.07) is 18.1.